The third-order valence-corrected chi connectivity index (χ3v) is 7.67. The fourth-order valence-electron chi connectivity index (χ4n) is 5.17. The van der Waals surface area contributed by atoms with Crippen molar-refractivity contribution in [1.29, 1.82) is 5.26 Å². The zero-order valence-corrected chi connectivity index (χ0v) is 24.2. The third kappa shape index (κ3) is 5.45. The maximum atomic E-state index is 14.0. The molecule has 4 aromatic rings. The van der Waals surface area contributed by atoms with Gasteiger partial charge in [0.2, 0.25) is 0 Å². The topological polar surface area (TPSA) is 114 Å². The van der Waals surface area contributed by atoms with Crippen molar-refractivity contribution in [3.05, 3.63) is 89.9 Å². The van der Waals surface area contributed by atoms with Crippen LogP contribution in [-0.2, 0) is 5.44 Å². The minimum Gasteiger partial charge on any atom is -0.383 e. The lowest BCUT2D eigenvalue weighted by Crippen LogP contribution is -2.45. The van der Waals surface area contributed by atoms with Gasteiger partial charge in [0.05, 0.1) is 40.3 Å². The molecule has 1 fully saturated rings. The van der Waals surface area contributed by atoms with Crippen LogP contribution in [-0.4, -0.2) is 40.6 Å². The highest BCUT2D eigenvalue weighted by Crippen LogP contribution is 2.39. The minimum atomic E-state index is -0.773. The molecule has 2 aromatic carbocycles. The molecule has 11 heteroatoms. The van der Waals surface area contributed by atoms with Crippen molar-refractivity contribution in [3.8, 4) is 17.2 Å². The predicted octanol–water partition coefficient (Wildman–Crippen LogP) is 4.39. The van der Waals surface area contributed by atoms with Crippen molar-refractivity contribution < 1.29 is 4.39 Å². The first kappa shape index (κ1) is 27.5. The van der Waals surface area contributed by atoms with Gasteiger partial charge in [-0.05, 0) is 54.2 Å². The van der Waals surface area contributed by atoms with Crippen molar-refractivity contribution in [3.63, 3.8) is 0 Å². The van der Waals surface area contributed by atoms with E-state index in [0.717, 1.165) is 57.5 Å². The average molecular weight is 561 g/mol. The molecule has 42 heavy (non-hydrogen) atoms. The first-order chi connectivity index (χ1) is 20.1. The molecule has 1 unspecified atom stereocenters. The molecule has 0 bridgehead atoms. The number of rotatable bonds is 8. The van der Waals surface area contributed by atoms with Crippen LogP contribution in [0.1, 0.15) is 44.7 Å². The second kappa shape index (κ2) is 10.6. The van der Waals surface area contributed by atoms with E-state index in [1.807, 2.05) is 18.2 Å². The Morgan fingerprint density at radius 3 is 2.57 bits per heavy atom. The zero-order chi connectivity index (χ0) is 29.5. The molecule has 0 saturated heterocycles. The molecule has 1 saturated carbocycles. The van der Waals surface area contributed by atoms with E-state index in [-0.39, 0.29) is 11.2 Å². The maximum absolute atomic E-state index is 14.0. The van der Waals surface area contributed by atoms with E-state index < -0.39 is 5.44 Å². The average Bonchev–Trinajstić information content (AvgIpc) is 3.71. The van der Waals surface area contributed by atoms with Crippen LogP contribution in [0.2, 0.25) is 0 Å². The molecular formula is C31H33BFN9. The molecular weight excluding hydrogens is 528 g/mol. The Kier molecular flexibility index (Phi) is 6.95. The number of hydrogen-bond acceptors (Lipinski definition) is 9. The van der Waals surface area contributed by atoms with Gasteiger partial charge in [-0.15, -0.1) is 5.53 Å². The summed E-state index contributed by atoms with van der Waals surface area (Å²) in [4.78, 5) is 4.73. The van der Waals surface area contributed by atoms with E-state index >= 15 is 0 Å². The predicted molar refractivity (Wildman–Crippen MR) is 165 cm³/mol. The quantitative estimate of drug-likeness (QED) is 0.233. The molecule has 2 aliphatic rings. The number of anilines is 2. The van der Waals surface area contributed by atoms with Crippen molar-refractivity contribution in [1.82, 2.24) is 31.2 Å². The van der Waals surface area contributed by atoms with Crippen LogP contribution in [0, 0.1) is 22.6 Å². The van der Waals surface area contributed by atoms with Gasteiger partial charge in [-0.25, -0.2) is 4.39 Å². The number of hydrogen-bond donors (Lipinski definition) is 4. The van der Waals surface area contributed by atoms with Crippen LogP contribution in [0.4, 0.5) is 15.8 Å². The van der Waals surface area contributed by atoms with Gasteiger partial charge in [0.25, 0.3) is 0 Å². The van der Waals surface area contributed by atoms with Crippen LogP contribution < -0.4 is 21.6 Å². The van der Waals surface area contributed by atoms with Crippen LogP contribution in [0.3, 0.4) is 0 Å². The third-order valence-electron chi connectivity index (χ3n) is 7.67. The Bertz CT molecular complexity index is 1690. The van der Waals surface area contributed by atoms with E-state index in [1.54, 1.807) is 30.7 Å². The summed E-state index contributed by atoms with van der Waals surface area (Å²) in [6.45, 7) is 7.10. The Labute approximate surface area is 245 Å². The Hall–Kier alpha value is -4.69. The second-order valence-corrected chi connectivity index (χ2v) is 12.3. The SMILES string of the molecule is BC(Nc1cc(-c2ccnnc2)c2ncc(C#N)c(NCC(C)(C)C)c2c1)(C1=CN(C2CC2)NN1)c1ccc(F)cc1. The van der Waals surface area contributed by atoms with Crippen molar-refractivity contribution in [2.24, 2.45) is 5.41 Å². The van der Waals surface area contributed by atoms with Gasteiger partial charge in [0.15, 0.2) is 0 Å². The van der Waals surface area contributed by atoms with E-state index in [9.17, 15) is 9.65 Å². The summed E-state index contributed by atoms with van der Waals surface area (Å²) < 4.78 is 14.0. The summed E-state index contributed by atoms with van der Waals surface area (Å²) in [5.41, 5.74) is 12.0. The first-order valence-electron chi connectivity index (χ1n) is 14.1. The van der Waals surface area contributed by atoms with Crippen molar-refractivity contribution in [2.75, 3.05) is 17.2 Å². The highest BCUT2D eigenvalue weighted by atomic mass is 19.1. The number of nitrogens with zero attached hydrogens (tertiary/aromatic N) is 5. The van der Waals surface area contributed by atoms with E-state index in [4.69, 9.17) is 4.98 Å². The highest BCUT2D eigenvalue weighted by Gasteiger charge is 2.38. The lowest BCUT2D eigenvalue weighted by atomic mass is 9.69. The Morgan fingerprint density at radius 1 is 1.12 bits per heavy atom. The van der Waals surface area contributed by atoms with Crippen LogP contribution in [0.15, 0.2) is 73.0 Å². The van der Waals surface area contributed by atoms with E-state index in [2.05, 4.69) is 77.7 Å². The number of fused-ring (bicyclic) bond motifs is 1. The van der Waals surface area contributed by atoms with Crippen LogP contribution in [0.5, 0.6) is 0 Å². The molecule has 0 radical (unpaired) electrons. The largest absolute Gasteiger partial charge is 0.383 e. The fourth-order valence-corrected chi connectivity index (χ4v) is 5.17. The summed E-state index contributed by atoms with van der Waals surface area (Å²) in [5, 5.41) is 28.3. The summed E-state index contributed by atoms with van der Waals surface area (Å²) in [5.74, 6) is -0.296. The Balaban J connectivity index is 1.53. The molecule has 212 valence electrons. The standard InChI is InChI=1S/C31H33BFN9/c1-30(2,3)18-36-28-20(14-34)15-35-29-25(19-10-11-37-38-16-19)12-23(13-26(28)29)39-31(32,21-4-6-22(33)7-5-21)27-17-42(41-40-27)24-8-9-24/h4-7,10-13,15-17,24,39-41H,8-9,18,32H2,1-3H3,(H,35,36). The molecule has 1 atom stereocenters. The number of hydrazine groups is 2. The monoisotopic (exact) mass is 561 g/mol. The van der Waals surface area contributed by atoms with Crippen LogP contribution >= 0.6 is 0 Å². The summed E-state index contributed by atoms with van der Waals surface area (Å²) >= 11 is 0. The number of benzene rings is 2. The lowest BCUT2D eigenvalue weighted by Gasteiger charge is -2.34. The number of nitriles is 1. The maximum Gasteiger partial charge on any atom is 0.148 e. The smallest absolute Gasteiger partial charge is 0.148 e. The summed E-state index contributed by atoms with van der Waals surface area (Å²) in [6, 6.07) is 15.3. The molecule has 3 heterocycles. The van der Waals surface area contributed by atoms with Gasteiger partial charge in [-0.3, -0.25) is 9.99 Å². The van der Waals surface area contributed by atoms with Gasteiger partial charge in [-0.2, -0.15) is 15.5 Å². The number of nitrogens with one attached hydrogen (secondary N) is 4. The minimum absolute atomic E-state index is 0.0156. The molecule has 1 aliphatic heterocycles. The van der Waals surface area contributed by atoms with E-state index in [1.165, 1.54) is 12.1 Å². The lowest BCUT2D eigenvalue weighted by molar-refractivity contribution is 0.260. The molecule has 2 aromatic heterocycles. The molecule has 0 spiro atoms. The van der Waals surface area contributed by atoms with Gasteiger partial charge >= 0.3 is 0 Å². The normalized spacial score (nSPS) is 16.4. The molecule has 1 aliphatic carbocycles. The number of pyridine rings is 1. The first-order valence-corrected chi connectivity index (χ1v) is 14.1. The van der Waals surface area contributed by atoms with Crippen LogP contribution in [0.25, 0.3) is 22.0 Å². The van der Waals surface area contributed by atoms with Gasteiger partial charge in [0.1, 0.15) is 19.7 Å². The molecule has 6 rings (SSSR count). The summed E-state index contributed by atoms with van der Waals surface area (Å²) in [7, 11) is 2.07. The molecule has 0 amide bonds. The van der Waals surface area contributed by atoms with Crippen molar-refractivity contribution in [2.45, 2.75) is 45.1 Å². The fraction of sp³-hybridized carbons (Fsp3) is 0.290. The van der Waals surface area contributed by atoms with Gasteiger partial charge < -0.3 is 16.1 Å². The second-order valence-electron chi connectivity index (χ2n) is 12.3. The van der Waals surface area contributed by atoms with Gasteiger partial charge in [-0.1, -0.05) is 32.9 Å². The number of halogens is 1. The molecule has 4 N–H and O–H groups in total. The summed E-state index contributed by atoms with van der Waals surface area (Å²) in [6.07, 6.45) is 9.31. The molecule has 9 nitrogen and oxygen atoms in total. The highest BCUT2D eigenvalue weighted by molar-refractivity contribution is 6.19. The zero-order valence-electron chi connectivity index (χ0n) is 24.2. The van der Waals surface area contributed by atoms with Gasteiger partial charge in [0, 0.05) is 47.2 Å². The number of aromatic nitrogens is 3. The Morgan fingerprint density at radius 2 is 1.90 bits per heavy atom. The van der Waals surface area contributed by atoms with E-state index in [0.29, 0.717) is 18.2 Å². The van der Waals surface area contributed by atoms with Crippen molar-refractivity contribution >= 4 is 30.1 Å².